The number of hydrogen-bond acceptors (Lipinski definition) is 7. The zero-order valence-corrected chi connectivity index (χ0v) is 19.0. The molecule has 0 N–H and O–H groups in total. The highest BCUT2D eigenvalue weighted by atomic mass is 16.6. The first-order valence-electron chi connectivity index (χ1n) is 10.6. The van der Waals surface area contributed by atoms with Crippen LogP contribution in [0.3, 0.4) is 0 Å². The number of nitrogens with zero attached hydrogens (tertiary/aromatic N) is 7. The van der Waals surface area contributed by atoms with Crippen LogP contribution in [0.25, 0.3) is 16.8 Å². The van der Waals surface area contributed by atoms with Crippen LogP contribution in [0.5, 0.6) is 5.75 Å². The molecular formula is C22H27N7O3. The van der Waals surface area contributed by atoms with Crippen LogP contribution < -0.4 is 4.74 Å². The summed E-state index contributed by atoms with van der Waals surface area (Å²) in [6.45, 7) is 8.81. The molecule has 3 aromatic rings. The first-order valence-corrected chi connectivity index (χ1v) is 10.6. The maximum Gasteiger partial charge on any atom is 0.410 e. The third kappa shape index (κ3) is 3.98. The molecule has 0 bridgehead atoms. The van der Waals surface area contributed by atoms with Gasteiger partial charge in [0.2, 0.25) is 0 Å². The van der Waals surface area contributed by atoms with Gasteiger partial charge in [-0.2, -0.15) is 10.4 Å². The summed E-state index contributed by atoms with van der Waals surface area (Å²) in [5.74, 6) is 0.552. The van der Waals surface area contributed by atoms with Gasteiger partial charge in [0.25, 0.3) is 0 Å². The van der Waals surface area contributed by atoms with Crippen molar-refractivity contribution in [1.82, 2.24) is 29.5 Å². The zero-order valence-electron chi connectivity index (χ0n) is 19.0. The zero-order chi connectivity index (χ0) is 23.0. The molecule has 4 rings (SSSR count). The number of carbonyl (C=O) groups excluding carboxylic acids is 1. The standard InChI is InChI=1S/C22H27N7O3/c1-14-19(15-10-18(31-5)20-16(11-23)12-24-28(20)13-15)25-26-29(14)17-6-8-27(9-7-17)21(30)32-22(2,3)4/h10,12-13,17H,6-9H2,1-5H3. The van der Waals surface area contributed by atoms with E-state index in [0.717, 1.165) is 29.8 Å². The smallest absolute Gasteiger partial charge is 0.410 e. The van der Waals surface area contributed by atoms with E-state index in [2.05, 4.69) is 21.5 Å². The Morgan fingerprint density at radius 3 is 2.62 bits per heavy atom. The average Bonchev–Trinajstić information content (AvgIpc) is 3.35. The molecule has 168 valence electrons. The Morgan fingerprint density at radius 2 is 2.00 bits per heavy atom. The van der Waals surface area contributed by atoms with Crippen molar-refractivity contribution in [1.29, 1.82) is 5.26 Å². The number of likely N-dealkylation sites (tertiary alicyclic amines) is 1. The Bertz CT molecular complexity index is 1190. The summed E-state index contributed by atoms with van der Waals surface area (Å²) in [4.78, 5) is 14.1. The highest BCUT2D eigenvalue weighted by molar-refractivity contribution is 5.74. The van der Waals surface area contributed by atoms with Gasteiger partial charge in [0.15, 0.2) is 0 Å². The van der Waals surface area contributed by atoms with Crippen molar-refractivity contribution in [2.75, 3.05) is 20.2 Å². The number of ether oxygens (including phenoxy) is 2. The molecule has 0 aliphatic carbocycles. The number of carbonyl (C=O) groups is 1. The quantitative estimate of drug-likeness (QED) is 0.618. The number of aromatic nitrogens is 5. The van der Waals surface area contributed by atoms with Crippen molar-refractivity contribution in [3.8, 4) is 23.1 Å². The van der Waals surface area contributed by atoms with Gasteiger partial charge in [-0.3, -0.25) is 0 Å². The van der Waals surface area contributed by atoms with Crippen LogP contribution >= 0.6 is 0 Å². The Balaban J connectivity index is 1.55. The molecule has 1 fully saturated rings. The van der Waals surface area contributed by atoms with E-state index in [1.54, 1.807) is 16.5 Å². The molecule has 4 heterocycles. The number of amides is 1. The fourth-order valence-corrected chi connectivity index (χ4v) is 4.03. The second-order valence-corrected chi connectivity index (χ2v) is 8.93. The van der Waals surface area contributed by atoms with Crippen molar-refractivity contribution in [2.45, 2.75) is 52.2 Å². The van der Waals surface area contributed by atoms with Crippen molar-refractivity contribution >= 4 is 11.6 Å². The molecule has 0 atom stereocenters. The summed E-state index contributed by atoms with van der Waals surface area (Å²) in [5.41, 5.74) is 3.03. The maximum atomic E-state index is 12.3. The highest BCUT2D eigenvalue weighted by Crippen LogP contribution is 2.32. The predicted molar refractivity (Wildman–Crippen MR) is 116 cm³/mol. The molecular weight excluding hydrogens is 410 g/mol. The van der Waals surface area contributed by atoms with Gasteiger partial charge < -0.3 is 14.4 Å². The van der Waals surface area contributed by atoms with E-state index in [-0.39, 0.29) is 12.1 Å². The van der Waals surface area contributed by atoms with E-state index in [9.17, 15) is 10.1 Å². The fourth-order valence-electron chi connectivity index (χ4n) is 4.03. The molecule has 0 aromatic carbocycles. The van der Waals surface area contributed by atoms with Crippen LogP contribution in [0, 0.1) is 18.3 Å². The van der Waals surface area contributed by atoms with E-state index < -0.39 is 5.60 Å². The van der Waals surface area contributed by atoms with E-state index >= 15 is 0 Å². The van der Waals surface area contributed by atoms with Gasteiger partial charge in [-0.15, -0.1) is 5.10 Å². The Kier molecular flexibility index (Phi) is 5.50. The molecule has 1 aliphatic rings. The first kappa shape index (κ1) is 21.6. The van der Waals surface area contributed by atoms with Crippen LogP contribution in [0.2, 0.25) is 0 Å². The summed E-state index contributed by atoms with van der Waals surface area (Å²) in [6.07, 6.45) is 4.61. The third-order valence-corrected chi connectivity index (χ3v) is 5.58. The maximum absolute atomic E-state index is 12.3. The number of piperidine rings is 1. The molecule has 0 saturated carbocycles. The van der Waals surface area contributed by atoms with Crippen molar-refractivity contribution < 1.29 is 14.3 Å². The molecule has 0 unspecified atom stereocenters. The van der Waals surface area contributed by atoms with Crippen molar-refractivity contribution in [3.63, 3.8) is 0 Å². The number of nitriles is 1. The lowest BCUT2D eigenvalue weighted by atomic mass is 10.0. The van der Waals surface area contributed by atoms with Gasteiger partial charge in [0.05, 0.1) is 25.0 Å². The fraction of sp³-hybridized carbons (Fsp3) is 0.500. The van der Waals surface area contributed by atoms with Crippen LogP contribution in [-0.2, 0) is 4.74 Å². The molecule has 32 heavy (non-hydrogen) atoms. The minimum absolute atomic E-state index is 0.149. The lowest BCUT2D eigenvalue weighted by Gasteiger charge is -2.33. The molecule has 0 radical (unpaired) electrons. The number of fused-ring (bicyclic) bond motifs is 1. The Labute approximate surface area is 186 Å². The van der Waals surface area contributed by atoms with Gasteiger partial charge in [0.1, 0.15) is 34.2 Å². The average molecular weight is 438 g/mol. The van der Waals surface area contributed by atoms with Crippen molar-refractivity contribution in [3.05, 3.63) is 29.7 Å². The molecule has 1 aliphatic heterocycles. The molecule has 1 saturated heterocycles. The number of rotatable bonds is 3. The number of methoxy groups -OCH3 is 1. The van der Waals surface area contributed by atoms with E-state index in [0.29, 0.717) is 29.9 Å². The van der Waals surface area contributed by atoms with Gasteiger partial charge in [-0.25, -0.2) is 14.0 Å². The summed E-state index contributed by atoms with van der Waals surface area (Å²) >= 11 is 0. The van der Waals surface area contributed by atoms with Crippen LogP contribution in [0.1, 0.15) is 50.9 Å². The first-order chi connectivity index (χ1) is 15.2. The summed E-state index contributed by atoms with van der Waals surface area (Å²) < 4.78 is 14.6. The lowest BCUT2D eigenvalue weighted by molar-refractivity contribution is 0.0184. The second kappa shape index (κ2) is 8.15. The molecule has 0 spiro atoms. The molecule has 3 aromatic heterocycles. The van der Waals surface area contributed by atoms with Gasteiger partial charge in [0, 0.05) is 24.8 Å². The SMILES string of the molecule is COc1cc(-c2nnn(C3CCN(C(=O)OC(C)(C)C)CC3)c2C)cn2ncc(C#N)c12. The summed E-state index contributed by atoms with van der Waals surface area (Å²) in [6, 6.07) is 4.13. The van der Waals surface area contributed by atoms with Crippen LogP contribution in [0.4, 0.5) is 4.79 Å². The second-order valence-electron chi connectivity index (χ2n) is 8.93. The number of pyridine rings is 1. The monoisotopic (exact) mass is 437 g/mol. The lowest BCUT2D eigenvalue weighted by Crippen LogP contribution is -2.42. The minimum Gasteiger partial charge on any atom is -0.494 e. The van der Waals surface area contributed by atoms with Gasteiger partial charge >= 0.3 is 6.09 Å². The minimum atomic E-state index is -0.504. The van der Waals surface area contributed by atoms with E-state index in [1.807, 2.05) is 44.6 Å². The van der Waals surface area contributed by atoms with E-state index in [1.165, 1.54) is 6.20 Å². The third-order valence-electron chi connectivity index (χ3n) is 5.58. The van der Waals surface area contributed by atoms with Crippen molar-refractivity contribution in [2.24, 2.45) is 0 Å². The predicted octanol–water partition coefficient (Wildman–Crippen LogP) is 3.35. The molecule has 10 nitrogen and oxygen atoms in total. The topological polar surface area (TPSA) is 111 Å². The number of hydrogen-bond donors (Lipinski definition) is 0. The van der Waals surface area contributed by atoms with Crippen LogP contribution in [0.15, 0.2) is 18.5 Å². The van der Waals surface area contributed by atoms with Gasteiger partial charge in [-0.1, -0.05) is 5.21 Å². The summed E-state index contributed by atoms with van der Waals surface area (Å²) in [5, 5.41) is 22.4. The Morgan fingerprint density at radius 1 is 1.28 bits per heavy atom. The van der Waals surface area contributed by atoms with E-state index in [4.69, 9.17) is 9.47 Å². The Hall–Kier alpha value is -3.61. The highest BCUT2D eigenvalue weighted by Gasteiger charge is 2.29. The summed E-state index contributed by atoms with van der Waals surface area (Å²) in [7, 11) is 1.56. The molecule has 10 heteroatoms. The largest absolute Gasteiger partial charge is 0.494 e. The molecule has 1 amide bonds. The normalized spacial score (nSPS) is 15.1. The van der Waals surface area contributed by atoms with Crippen LogP contribution in [-0.4, -0.2) is 61.4 Å². The van der Waals surface area contributed by atoms with Gasteiger partial charge in [-0.05, 0) is 46.6 Å².